The first-order valence-corrected chi connectivity index (χ1v) is 5.60. The number of benzene rings is 1. The van der Waals surface area contributed by atoms with Crippen molar-refractivity contribution in [3.63, 3.8) is 0 Å². The largest absolute Gasteiger partial charge is 0.479 e. The maximum atomic E-state index is 13.7. The zero-order valence-corrected chi connectivity index (χ0v) is 10.1. The Morgan fingerprint density at radius 1 is 1.16 bits per heavy atom. The van der Waals surface area contributed by atoms with Crippen molar-refractivity contribution in [1.29, 1.82) is 0 Å². The van der Waals surface area contributed by atoms with Gasteiger partial charge in [0.2, 0.25) is 0 Å². The molecule has 1 N–H and O–H groups in total. The zero-order chi connectivity index (χ0) is 13.6. The highest BCUT2D eigenvalue weighted by Gasteiger charge is 2.15. The molecular formula is C11H6F2N4OS. The van der Waals surface area contributed by atoms with Crippen LogP contribution in [0.5, 0.6) is 6.01 Å². The predicted octanol–water partition coefficient (Wildman–Crippen LogP) is 2.06. The summed E-state index contributed by atoms with van der Waals surface area (Å²) in [5.41, 5.74) is 0.621. The van der Waals surface area contributed by atoms with E-state index in [-0.39, 0.29) is 16.4 Å². The van der Waals surface area contributed by atoms with Gasteiger partial charge in [0.15, 0.2) is 10.8 Å². The monoisotopic (exact) mass is 280 g/mol. The predicted molar refractivity (Wildman–Crippen MR) is 65.1 cm³/mol. The summed E-state index contributed by atoms with van der Waals surface area (Å²) in [6.45, 7) is 0. The quantitative estimate of drug-likeness (QED) is 0.670. The van der Waals surface area contributed by atoms with E-state index in [1.54, 1.807) is 0 Å². The molecule has 0 radical (unpaired) electrons. The molecule has 0 amide bonds. The Morgan fingerprint density at radius 3 is 2.68 bits per heavy atom. The molecule has 0 fully saturated rings. The number of hydrogen-bond donors (Lipinski definition) is 2. The van der Waals surface area contributed by atoms with E-state index in [1.807, 2.05) is 0 Å². The molecule has 2 aromatic heterocycles. The molecule has 8 heteroatoms. The van der Waals surface area contributed by atoms with Gasteiger partial charge in [-0.25, -0.2) is 13.8 Å². The Bertz CT molecular complexity index is 790. The van der Waals surface area contributed by atoms with Gasteiger partial charge >= 0.3 is 6.01 Å². The Labute approximate surface area is 111 Å². The molecule has 0 spiro atoms. The van der Waals surface area contributed by atoms with Crippen molar-refractivity contribution in [2.75, 3.05) is 0 Å². The summed E-state index contributed by atoms with van der Waals surface area (Å²) in [7, 11) is 0. The molecule has 1 aromatic carbocycles. The fraction of sp³-hybridized carbons (Fsp3) is 0. The van der Waals surface area contributed by atoms with Crippen molar-refractivity contribution < 1.29 is 13.9 Å². The van der Waals surface area contributed by atoms with Crippen LogP contribution < -0.4 is 0 Å². The second-order valence-corrected chi connectivity index (χ2v) is 4.14. The highest BCUT2D eigenvalue weighted by molar-refractivity contribution is 7.80. The third-order valence-electron chi connectivity index (χ3n) is 2.56. The molecule has 3 aromatic rings. The van der Waals surface area contributed by atoms with Crippen LogP contribution in [0.25, 0.3) is 16.8 Å². The smallest absolute Gasteiger partial charge is 0.319 e. The zero-order valence-electron chi connectivity index (χ0n) is 9.25. The second-order valence-electron chi connectivity index (χ2n) is 3.74. The van der Waals surface area contributed by atoms with Gasteiger partial charge in [-0.05, 0) is 12.1 Å². The lowest BCUT2D eigenvalue weighted by molar-refractivity contribution is 0.404. The summed E-state index contributed by atoms with van der Waals surface area (Å²) >= 11 is 3.93. The van der Waals surface area contributed by atoms with Crippen LogP contribution in [0.15, 0.2) is 29.6 Å². The van der Waals surface area contributed by atoms with Crippen molar-refractivity contribution in [3.8, 4) is 17.1 Å². The number of aromatic hydroxyl groups is 1. The number of fused-ring (bicyclic) bond motifs is 1. The van der Waals surface area contributed by atoms with E-state index >= 15 is 0 Å². The third kappa shape index (κ3) is 1.89. The van der Waals surface area contributed by atoms with Crippen LogP contribution in [0.1, 0.15) is 0 Å². The fourth-order valence-electron chi connectivity index (χ4n) is 1.75. The van der Waals surface area contributed by atoms with E-state index in [1.165, 1.54) is 12.3 Å². The normalized spacial score (nSPS) is 11.1. The van der Waals surface area contributed by atoms with Crippen LogP contribution in [0, 0.1) is 11.6 Å². The third-order valence-corrected chi connectivity index (χ3v) is 2.76. The van der Waals surface area contributed by atoms with E-state index in [0.717, 1.165) is 16.6 Å². The molecule has 0 saturated heterocycles. The molecule has 0 saturated carbocycles. The van der Waals surface area contributed by atoms with E-state index in [9.17, 15) is 13.9 Å². The minimum absolute atomic E-state index is 0.0225. The van der Waals surface area contributed by atoms with Crippen molar-refractivity contribution in [3.05, 3.63) is 36.0 Å². The molecule has 0 atom stereocenters. The summed E-state index contributed by atoms with van der Waals surface area (Å²) < 4.78 is 27.7. The summed E-state index contributed by atoms with van der Waals surface area (Å²) in [6, 6.07) is 2.76. The summed E-state index contributed by atoms with van der Waals surface area (Å²) in [6.07, 6.45) is 1.31. The van der Waals surface area contributed by atoms with E-state index in [2.05, 4.69) is 27.7 Å². The van der Waals surface area contributed by atoms with Gasteiger partial charge in [-0.15, -0.1) is 12.6 Å². The molecule has 5 nitrogen and oxygen atoms in total. The molecule has 0 bridgehead atoms. The average Bonchev–Trinajstić information content (AvgIpc) is 2.73. The van der Waals surface area contributed by atoms with Gasteiger partial charge in [0.1, 0.15) is 11.6 Å². The van der Waals surface area contributed by atoms with E-state index in [4.69, 9.17) is 0 Å². The van der Waals surface area contributed by atoms with Gasteiger partial charge < -0.3 is 5.11 Å². The molecule has 96 valence electrons. The maximum absolute atomic E-state index is 13.7. The van der Waals surface area contributed by atoms with E-state index in [0.29, 0.717) is 5.56 Å². The lowest BCUT2D eigenvalue weighted by Crippen LogP contribution is -1.96. The SMILES string of the molecule is Oc1nc(S)nc2c(-c3ccc(F)cc3F)cnn12. The van der Waals surface area contributed by atoms with Crippen molar-refractivity contribution in [2.45, 2.75) is 5.16 Å². The van der Waals surface area contributed by atoms with Crippen LogP contribution in [0.4, 0.5) is 8.78 Å². The topological polar surface area (TPSA) is 63.3 Å². The van der Waals surface area contributed by atoms with Gasteiger partial charge in [0, 0.05) is 17.2 Å². The summed E-state index contributed by atoms with van der Waals surface area (Å²) in [5, 5.41) is 13.4. The lowest BCUT2D eigenvalue weighted by Gasteiger charge is -2.02. The Morgan fingerprint density at radius 2 is 1.95 bits per heavy atom. The number of hydrogen-bond acceptors (Lipinski definition) is 5. The molecule has 0 aliphatic carbocycles. The van der Waals surface area contributed by atoms with Gasteiger partial charge in [0.25, 0.3) is 0 Å². The van der Waals surface area contributed by atoms with E-state index < -0.39 is 17.6 Å². The lowest BCUT2D eigenvalue weighted by atomic mass is 10.1. The number of aromatic nitrogens is 4. The molecule has 3 rings (SSSR count). The Kier molecular flexibility index (Phi) is 2.59. The molecule has 2 heterocycles. The van der Waals surface area contributed by atoms with Gasteiger partial charge in [0.05, 0.1) is 6.20 Å². The standard InChI is InChI=1S/C11H6F2N4OS/c12-5-1-2-6(8(13)3-5)7-4-14-17-9(7)15-10(19)16-11(17)18/h1-4H,(H2,15,16,18,19). The van der Waals surface area contributed by atoms with Crippen molar-refractivity contribution in [2.24, 2.45) is 0 Å². The van der Waals surface area contributed by atoms with Gasteiger partial charge in [-0.2, -0.15) is 14.6 Å². The second kappa shape index (κ2) is 4.16. The van der Waals surface area contributed by atoms with Crippen LogP contribution in [0.2, 0.25) is 0 Å². The Hall–Kier alpha value is -2.22. The maximum Gasteiger partial charge on any atom is 0.319 e. The first-order valence-electron chi connectivity index (χ1n) is 5.15. The number of rotatable bonds is 1. The first-order chi connectivity index (χ1) is 9.06. The molecule has 0 aliphatic heterocycles. The number of halogens is 2. The van der Waals surface area contributed by atoms with Gasteiger partial charge in [-0.3, -0.25) is 0 Å². The number of nitrogens with zero attached hydrogens (tertiary/aromatic N) is 4. The molecule has 19 heavy (non-hydrogen) atoms. The minimum atomic E-state index is -0.742. The number of thiol groups is 1. The van der Waals surface area contributed by atoms with Crippen LogP contribution in [-0.2, 0) is 0 Å². The van der Waals surface area contributed by atoms with Crippen LogP contribution >= 0.6 is 12.6 Å². The van der Waals surface area contributed by atoms with Crippen molar-refractivity contribution >= 4 is 18.3 Å². The van der Waals surface area contributed by atoms with Gasteiger partial charge in [-0.1, -0.05) is 0 Å². The van der Waals surface area contributed by atoms with Crippen LogP contribution in [-0.4, -0.2) is 24.7 Å². The first kappa shape index (κ1) is 11.8. The van der Waals surface area contributed by atoms with Crippen LogP contribution in [0.3, 0.4) is 0 Å². The molecular weight excluding hydrogens is 274 g/mol. The molecule has 0 aliphatic rings. The fourth-order valence-corrected chi connectivity index (χ4v) is 1.93. The summed E-state index contributed by atoms with van der Waals surface area (Å²) in [4.78, 5) is 7.57. The highest BCUT2D eigenvalue weighted by Crippen LogP contribution is 2.28. The highest BCUT2D eigenvalue weighted by atomic mass is 32.1. The van der Waals surface area contributed by atoms with Crippen molar-refractivity contribution in [1.82, 2.24) is 19.6 Å². The average molecular weight is 280 g/mol. The summed E-state index contributed by atoms with van der Waals surface area (Å²) in [5.74, 6) is -1.42. The Balaban J connectivity index is 2.31. The minimum Gasteiger partial charge on any atom is -0.479 e. The molecule has 0 unspecified atom stereocenters.